The van der Waals surface area contributed by atoms with Gasteiger partial charge >= 0.3 is 6.09 Å². The van der Waals surface area contributed by atoms with Crippen LogP contribution in [0, 0.1) is 6.92 Å². The lowest BCUT2D eigenvalue weighted by atomic mass is 10.2. The lowest BCUT2D eigenvalue weighted by molar-refractivity contribution is 0.168. The van der Waals surface area contributed by atoms with Gasteiger partial charge in [0.15, 0.2) is 0 Å². The highest BCUT2D eigenvalue weighted by Gasteiger charge is 2.16. The highest BCUT2D eigenvalue weighted by atomic mass is 32.1. The largest absolute Gasteiger partial charge is 0.450 e. The maximum absolute atomic E-state index is 11.7. The van der Waals surface area contributed by atoms with Crippen LogP contribution in [-0.4, -0.2) is 27.8 Å². The molecule has 0 saturated carbocycles. The molecule has 3 aromatic rings. The van der Waals surface area contributed by atoms with Crippen LogP contribution in [0.15, 0.2) is 40.8 Å². The molecule has 0 saturated heterocycles. The molecule has 2 aromatic heterocycles. The molecule has 7 nitrogen and oxygen atoms in total. The number of nitrogens with one attached hydrogen (secondary N) is 2. The van der Waals surface area contributed by atoms with Gasteiger partial charge in [0.25, 0.3) is 0 Å². The summed E-state index contributed by atoms with van der Waals surface area (Å²) in [6.07, 6.45) is -0.504. The van der Waals surface area contributed by atoms with Gasteiger partial charge in [0.1, 0.15) is 5.00 Å². The number of ether oxygens (including phenoxy) is 1. The van der Waals surface area contributed by atoms with Gasteiger partial charge in [-0.2, -0.15) is 9.47 Å². The quantitative estimate of drug-likeness (QED) is 0.449. The van der Waals surface area contributed by atoms with Gasteiger partial charge in [0.05, 0.1) is 29.3 Å². The number of thiazole rings is 1. The second kappa shape index (κ2) is 8.74. The molecule has 0 spiro atoms. The first-order valence-corrected chi connectivity index (χ1v) is 9.95. The molecule has 140 valence electrons. The topological polar surface area (TPSA) is 88.5 Å². The van der Waals surface area contributed by atoms with E-state index < -0.39 is 6.09 Å². The van der Waals surface area contributed by atoms with Crippen LogP contribution in [0.25, 0.3) is 11.3 Å². The van der Waals surface area contributed by atoms with Crippen molar-refractivity contribution in [1.82, 2.24) is 9.36 Å². The van der Waals surface area contributed by atoms with Crippen LogP contribution < -0.4 is 10.7 Å². The monoisotopic (exact) mass is 401 g/mol. The Morgan fingerprint density at radius 3 is 2.81 bits per heavy atom. The fourth-order valence-electron chi connectivity index (χ4n) is 2.40. The Labute approximate surface area is 165 Å². The van der Waals surface area contributed by atoms with Crippen LogP contribution in [0.4, 0.5) is 14.9 Å². The number of benzene rings is 1. The Morgan fingerprint density at radius 2 is 2.07 bits per heavy atom. The van der Waals surface area contributed by atoms with Gasteiger partial charge in [-0.3, -0.25) is 10.7 Å². The van der Waals surface area contributed by atoms with E-state index in [1.807, 2.05) is 49.6 Å². The van der Waals surface area contributed by atoms with Crippen molar-refractivity contribution in [2.24, 2.45) is 5.10 Å². The van der Waals surface area contributed by atoms with E-state index in [9.17, 15) is 4.79 Å². The van der Waals surface area contributed by atoms with Gasteiger partial charge in [0, 0.05) is 10.9 Å². The second-order valence-electron chi connectivity index (χ2n) is 5.53. The van der Waals surface area contributed by atoms with E-state index in [1.165, 1.54) is 22.9 Å². The second-order valence-corrected chi connectivity index (χ2v) is 7.16. The summed E-state index contributed by atoms with van der Waals surface area (Å²) in [6.45, 7) is 5.79. The molecule has 2 heterocycles. The third-order valence-corrected chi connectivity index (χ3v) is 5.21. The van der Waals surface area contributed by atoms with Crippen molar-refractivity contribution in [3.63, 3.8) is 0 Å². The van der Waals surface area contributed by atoms with Crippen LogP contribution >= 0.6 is 22.9 Å². The molecule has 27 heavy (non-hydrogen) atoms. The predicted molar refractivity (Wildman–Crippen MR) is 111 cm³/mol. The standard InChI is InChI=1S/C18H19N5O2S2/c1-4-25-18(24)20-16-15(12(3)23-27-16)11(2)21-22-17-19-14(10-26-17)13-8-6-5-7-9-13/h5-10H,4H2,1-3H3,(H,19,22)(H,20,24)/b21-11+. The minimum absolute atomic E-state index is 0.307. The molecular formula is C18H19N5O2S2. The highest BCUT2D eigenvalue weighted by molar-refractivity contribution is 7.14. The molecule has 0 aliphatic carbocycles. The first-order chi connectivity index (χ1) is 13.1. The Morgan fingerprint density at radius 1 is 1.30 bits per heavy atom. The van der Waals surface area contributed by atoms with Gasteiger partial charge < -0.3 is 4.74 Å². The third-order valence-electron chi connectivity index (χ3n) is 3.61. The highest BCUT2D eigenvalue weighted by Crippen LogP contribution is 2.27. The van der Waals surface area contributed by atoms with Crippen molar-refractivity contribution in [2.75, 3.05) is 17.3 Å². The number of aryl methyl sites for hydroxylation is 1. The van der Waals surface area contributed by atoms with E-state index >= 15 is 0 Å². The maximum atomic E-state index is 11.7. The van der Waals surface area contributed by atoms with Crippen molar-refractivity contribution >= 4 is 44.8 Å². The molecule has 0 unspecified atom stereocenters. The Hall–Kier alpha value is -2.78. The van der Waals surface area contributed by atoms with Crippen molar-refractivity contribution in [1.29, 1.82) is 0 Å². The molecule has 0 bridgehead atoms. The number of hydrogen-bond donors (Lipinski definition) is 2. The molecule has 0 fully saturated rings. The van der Waals surface area contributed by atoms with Crippen LogP contribution in [0.1, 0.15) is 25.1 Å². The van der Waals surface area contributed by atoms with Crippen LogP contribution in [0.5, 0.6) is 0 Å². The molecule has 9 heteroatoms. The zero-order valence-electron chi connectivity index (χ0n) is 15.1. The minimum atomic E-state index is -0.504. The van der Waals surface area contributed by atoms with E-state index in [4.69, 9.17) is 4.74 Å². The summed E-state index contributed by atoms with van der Waals surface area (Å²) in [7, 11) is 0. The normalized spacial score (nSPS) is 11.3. The van der Waals surface area contributed by atoms with Crippen LogP contribution in [0.2, 0.25) is 0 Å². The molecule has 0 aliphatic heterocycles. The first-order valence-electron chi connectivity index (χ1n) is 8.30. The van der Waals surface area contributed by atoms with Crippen molar-refractivity contribution in [3.8, 4) is 11.3 Å². The number of aromatic nitrogens is 2. The Bertz CT molecular complexity index is 950. The van der Waals surface area contributed by atoms with E-state index in [1.54, 1.807) is 6.92 Å². The molecule has 0 atom stereocenters. The number of carbonyl (C=O) groups is 1. The fraction of sp³-hybridized carbons (Fsp3) is 0.222. The zero-order valence-corrected chi connectivity index (χ0v) is 16.8. The average molecular weight is 402 g/mol. The molecule has 1 aromatic carbocycles. The van der Waals surface area contributed by atoms with Gasteiger partial charge in [-0.25, -0.2) is 9.78 Å². The van der Waals surface area contributed by atoms with Crippen molar-refractivity contribution in [2.45, 2.75) is 20.8 Å². The number of anilines is 2. The number of hydrogen-bond acceptors (Lipinski definition) is 8. The lowest BCUT2D eigenvalue weighted by Gasteiger charge is -2.06. The average Bonchev–Trinajstić information content (AvgIpc) is 3.28. The summed E-state index contributed by atoms with van der Waals surface area (Å²) >= 11 is 2.68. The number of amides is 1. The summed E-state index contributed by atoms with van der Waals surface area (Å²) in [5, 5.41) is 10.4. The van der Waals surface area contributed by atoms with Gasteiger partial charge in [-0.15, -0.1) is 11.3 Å². The van der Waals surface area contributed by atoms with Crippen molar-refractivity contribution < 1.29 is 9.53 Å². The lowest BCUT2D eigenvalue weighted by Crippen LogP contribution is -2.14. The van der Waals surface area contributed by atoms with E-state index in [2.05, 4.69) is 25.2 Å². The zero-order chi connectivity index (χ0) is 19.2. The SMILES string of the molecule is CCOC(=O)Nc1snc(C)c1/C(C)=N/Nc1nc(-c2ccccc2)cs1. The molecule has 0 radical (unpaired) electrons. The predicted octanol–water partition coefficient (Wildman–Crippen LogP) is 4.98. The maximum Gasteiger partial charge on any atom is 0.412 e. The number of hydrazone groups is 1. The Balaban J connectivity index is 1.74. The molecular weight excluding hydrogens is 382 g/mol. The molecule has 0 aliphatic rings. The molecule has 1 amide bonds. The van der Waals surface area contributed by atoms with Crippen molar-refractivity contribution in [3.05, 3.63) is 47.0 Å². The third kappa shape index (κ3) is 4.69. The minimum Gasteiger partial charge on any atom is -0.450 e. The molecule has 3 rings (SSSR count). The van der Waals surface area contributed by atoms with Gasteiger partial charge in [-0.05, 0) is 32.3 Å². The summed E-state index contributed by atoms with van der Waals surface area (Å²) in [5.74, 6) is 0. The van der Waals surface area contributed by atoms with Gasteiger partial charge in [-0.1, -0.05) is 30.3 Å². The summed E-state index contributed by atoms with van der Waals surface area (Å²) in [4.78, 5) is 16.2. The van der Waals surface area contributed by atoms with Gasteiger partial charge in [0.2, 0.25) is 5.13 Å². The first kappa shape index (κ1) is 19.0. The van der Waals surface area contributed by atoms with Crippen LogP contribution in [-0.2, 0) is 4.74 Å². The van der Waals surface area contributed by atoms with E-state index in [0.29, 0.717) is 22.5 Å². The summed E-state index contributed by atoms with van der Waals surface area (Å²) < 4.78 is 9.23. The summed E-state index contributed by atoms with van der Waals surface area (Å²) in [6, 6.07) is 9.97. The number of rotatable bonds is 6. The van der Waals surface area contributed by atoms with E-state index in [-0.39, 0.29) is 0 Å². The van der Waals surface area contributed by atoms with Crippen LogP contribution in [0.3, 0.4) is 0 Å². The molecule has 2 N–H and O–H groups in total. The number of carbonyl (C=O) groups excluding carboxylic acids is 1. The summed E-state index contributed by atoms with van der Waals surface area (Å²) in [5.41, 5.74) is 7.21. The fourth-order valence-corrected chi connectivity index (χ4v) is 3.89. The van der Waals surface area contributed by atoms with E-state index in [0.717, 1.165) is 22.5 Å². The Kier molecular flexibility index (Phi) is 6.15. The number of nitrogens with zero attached hydrogens (tertiary/aromatic N) is 3. The smallest absolute Gasteiger partial charge is 0.412 e.